The lowest BCUT2D eigenvalue weighted by Crippen LogP contribution is -2.44. The molecule has 1 N–H and O–H groups in total. The van der Waals surface area contributed by atoms with Gasteiger partial charge in [0.15, 0.2) is 0 Å². The number of anilines is 1. The van der Waals surface area contributed by atoms with Crippen LogP contribution in [0, 0.1) is 0 Å². The van der Waals surface area contributed by atoms with Gasteiger partial charge in [-0.25, -0.2) is 0 Å². The first-order valence-corrected chi connectivity index (χ1v) is 7.58. The summed E-state index contributed by atoms with van der Waals surface area (Å²) in [5.74, 6) is 0.130. The Morgan fingerprint density at radius 3 is 2.74 bits per heavy atom. The fraction of sp³-hybridized carbons (Fsp3) is 0.231. The summed E-state index contributed by atoms with van der Waals surface area (Å²) in [6.45, 7) is 1.71. The van der Waals surface area contributed by atoms with Gasteiger partial charge in [-0.05, 0) is 36.6 Å². The Hall–Kier alpha value is -1.27. The topological polar surface area (TPSA) is 49.4 Å². The first kappa shape index (κ1) is 14.1. The van der Waals surface area contributed by atoms with E-state index in [1.807, 2.05) is 17.5 Å². The highest BCUT2D eigenvalue weighted by Crippen LogP contribution is 2.17. The van der Waals surface area contributed by atoms with Crippen LogP contribution in [-0.2, 0) is 9.59 Å². The molecule has 2 amide bonds. The van der Waals surface area contributed by atoms with E-state index in [4.69, 9.17) is 0 Å². The van der Waals surface area contributed by atoms with E-state index in [0.29, 0.717) is 11.4 Å². The predicted molar refractivity (Wildman–Crippen MR) is 80.7 cm³/mol. The SMILES string of the molecule is CC(C(=O)Nc1ccc(Br)cc1)N1C=CSCC1=O. The summed E-state index contributed by atoms with van der Waals surface area (Å²) in [5, 5.41) is 4.62. The second-order valence-corrected chi connectivity index (χ2v) is 5.88. The quantitative estimate of drug-likeness (QED) is 0.920. The standard InChI is InChI=1S/C13H13BrN2O2S/c1-9(16-6-7-19-8-12(16)17)13(18)15-11-4-2-10(14)3-5-11/h2-7,9H,8H2,1H3,(H,15,18). The maximum Gasteiger partial charge on any atom is 0.247 e. The van der Waals surface area contributed by atoms with Crippen LogP contribution in [0.25, 0.3) is 0 Å². The molecule has 2 rings (SSSR count). The molecule has 1 aromatic carbocycles. The second-order valence-electron chi connectivity index (χ2n) is 4.07. The summed E-state index contributed by atoms with van der Waals surface area (Å²) >= 11 is 4.77. The van der Waals surface area contributed by atoms with Crippen molar-refractivity contribution in [1.82, 2.24) is 4.90 Å². The number of nitrogens with one attached hydrogen (secondary N) is 1. The van der Waals surface area contributed by atoms with E-state index in [2.05, 4.69) is 21.2 Å². The first-order chi connectivity index (χ1) is 9.08. The number of hydrogen-bond acceptors (Lipinski definition) is 3. The Bertz CT molecular complexity index is 516. The highest BCUT2D eigenvalue weighted by atomic mass is 79.9. The fourth-order valence-electron chi connectivity index (χ4n) is 1.64. The van der Waals surface area contributed by atoms with Gasteiger partial charge >= 0.3 is 0 Å². The Morgan fingerprint density at radius 1 is 1.42 bits per heavy atom. The van der Waals surface area contributed by atoms with Gasteiger partial charge in [-0.1, -0.05) is 15.9 Å². The number of amides is 2. The number of carbonyl (C=O) groups excluding carboxylic acids is 2. The molecule has 100 valence electrons. The summed E-state index contributed by atoms with van der Waals surface area (Å²) in [6.07, 6.45) is 1.66. The van der Waals surface area contributed by atoms with Crippen LogP contribution in [0.15, 0.2) is 40.3 Å². The molecule has 0 bridgehead atoms. The molecule has 0 saturated carbocycles. The number of thioether (sulfide) groups is 1. The van der Waals surface area contributed by atoms with Crippen molar-refractivity contribution < 1.29 is 9.59 Å². The van der Waals surface area contributed by atoms with Gasteiger partial charge in [-0.3, -0.25) is 9.59 Å². The minimum atomic E-state index is -0.520. The normalized spacial score (nSPS) is 16.3. The maximum absolute atomic E-state index is 12.1. The molecule has 19 heavy (non-hydrogen) atoms. The molecule has 0 saturated heterocycles. The van der Waals surface area contributed by atoms with Gasteiger partial charge in [0, 0.05) is 16.4 Å². The smallest absolute Gasteiger partial charge is 0.247 e. The van der Waals surface area contributed by atoms with Crippen LogP contribution in [-0.4, -0.2) is 28.5 Å². The third-order valence-electron chi connectivity index (χ3n) is 2.72. The van der Waals surface area contributed by atoms with Crippen molar-refractivity contribution in [2.45, 2.75) is 13.0 Å². The Labute approximate surface area is 124 Å². The molecule has 1 heterocycles. The third kappa shape index (κ3) is 3.61. The molecule has 0 spiro atoms. The van der Waals surface area contributed by atoms with Crippen molar-refractivity contribution in [2.75, 3.05) is 11.1 Å². The average molecular weight is 341 g/mol. The van der Waals surface area contributed by atoms with Gasteiger partial charge in [0.05, 0.1) is 5.75 Å². The molecular formula is C13H13BrN2O2S. The molecule has 1 unspecified atom stereocenters. The van der Waals surface area contributed by atoms with Crippen LogP contribution >= 0.6 is 27.7 Å². The summed E-state index contributed by atoms with van der Waals surface area (Å²) in [6, 6.07) is 6.79. The number of halogens is 1. The molecule has 1 aliphatic heterocycles. The third-order valence-corrected chi connectivity index (χ3v) is 3.98. The van der Waals surface area contributed by atoms with Crippen LogP contribution in [0.1, 0.15) is 6.92 Å². The minimum absolute atomic E-state index is 0.0500. The number of carbonyl (C=O) groups is 2. The van der Waals surface area contributed by atoms with Gasteiger partial charge < -0.3 is 10.2 Å². The predicted octanol–water partition coefficient (Wildman–Crippen LogP) is 2.82. The van der Waals surface area contributed by atoms with Crippen molar-refractivity contribution in [3.63, 3.8) is 0 Å². The number of nitrogens with zero attached hydrogens (tertiary/aromatic N) is 1. The lowest BCUT2D eigenvalue weighted by molar-refractivity contribution is -0.133. The van der Waals surface area contributed by atoms with E-state index in [9.17, 15) is 9.59 Å². The monoisotopic (exact) mass is 340 g/mol. The van der Waals surface area contributed by atoms with E-state index in [1.54, 1.807) is 25.3 Å². The molecule has 1 aromatic rings. The molecule has 1 aliphatic rings. The van der Waals surface area contributed by atoms with Crippen molar-refractivity contribution in [1.29, 1.82) is 0 Å². The van der Waals surface area contributed by atoms with E-state index < -0.39 is 6.04 Å². The van der Waals surface area contributed by atoms with Crippen LogP contribution in [0.4, 0.5) is 5.69 Å². The summed E-state index contributed by atoms with van der Waals surface area (Å²) < 4.78 is 0.949. The van der Waals surface area contributed by atoms with Gasteiger partial charge in [-0.2, -0.15) is 0 Å². The van der Waals surface area contributed by atoms with E-state index in [-0.39, 0.29) is 11.8 Å². The Morgan fingerprint density at radius 2 is 2.11 bits per heavy atom. The minimum Gasteiger partial charge on any atom is -0.324 e. The summed E-state index contributed by atoms with van der Waals surface area (Å²) in [5.41, 5.74) is 0.711. The molecule has 1 atom stereocenters. The Kier molecular flexibility index (Phi) is 4.66. The molecule has 0 aliphatic carbocycles. The summed E-state index contributed by atoms with van der Waals surface area (Å²) in [7, 11) is 0. The van der Waals surface area contributed by atoms with Crippen molar-refractivity contribution in [2.24, 2.45) is 0 Å². The molecule has 6 heteroatoms. The number of benzene rings is 1. The molecule has 0 aromatic heterocycles. The molecule has 4 nitrogen and oxygen atoms in total. The van der Waals surface area contributed by atoms with Gasteiger partial charge in [0.1, 0.15) is 6.04 Å². The van der Waals surface area contributed by atoms with Crippen LogP contribution < -0.4 is 5.32 Å². The second kappa shape index (κ2) is 6.25. The Balaban J connectivity index is 2.03. The molecule has 0 radical (unpaired) electrons. The fourth-order valence-corrected chi connectivity index (χ4v) is 2.51. The first-order valence-electron chi connectivity index (χ1n) is 5.74. The lowest BCUT2D eigenvalue weighted by Gasteiger charge is -2.26. The lowest BCUT2D eigenvalue weighted by atomic mass is 10.2. The maximum atomic E-state index is 12.1. The zero-order chi connectivity index (χ0) is 13.8. The van der Waals surface area contributed by atoms with Gasteiger partial charge in [-0.15, -0.1) is 11.8 Å². The van der Waals surface area contributed by atoms with E-state index in [0.717, 1.165) is 4.47 Å². The molecule has 0 fully saturated rings. The van der Waals surface area contributed by atoms with Crippen LogP contribution in [0.3, 0.4) is 0 Å². The average Bonchev–Trinajstić information content (AvgIpc) is 2.41. The van der Waals surface area contributed by atoms with Crippen LogP contribution in [0.2, 0.25) is 0 Å². The van der Waals surface area contributed by atoms with Crippen LogP contribution in [0.5, 0.6) is 0 Å². The van der Waals surface area contributed by atoms with Crippen molar-refractivity contribution in [3.05, 3.63) is 40.3 Å². The zero-order valence-corrected chi connectivity index (χ0v) is 12.7. The summed E-state index contributed by atoms with van der Waals surface area (Å²) in [4.78, 5) is 25.3. The van der Waals surface area contributed by atoms with E-state index in [1.165, 1.54) is 16.7 Å². The van der Waals surface area contributed by atoms with E-state index >= 15 is 0 Å². The highest BCUT2D eigenvalue weighted by Gasteiger charge is 2.25. The van der Waals surface area contributed by atoms with Gasteiger partial charge in [0.25, 0.3) is 0 Å². The number of rotatable bonds is 3. The van der Waals surface area contributed by atoms with Gasteiger partial charge in [0.2, 0.25) is 11.8 Å². The largest absolute Gasteiger partial charge is 0.324 e. The molecular weight excluding hydrogens is 328 g/mol. The highest BCUT2D eigenvalue weighted by molar-refractivity contribution is 9.10. The van der Waals surface area contributed by atoms with Crippen molar-refractivity contribution in [3.8, 4) is 0 Å². The zero-order valence-electron chi connectivity index (χ0n) is 10.3. The number of hydrogen-bond donors (Lipinski definition) is 1. The van der Waals surface area contributed by atoms with Crippen molar-refractivity contribution >= 4 is 45.2 Å².